The van der Waals surface area contributed by atoms with Crippen molar-refractivity contribution in [2.75, 3.05) is 7.11 Å². The molecule has 11 nitrogen and oxygen atoms in total. The third kappa shape index (κ3) is 7.08. The van der Waals surface area contributed by atoms with Crippen molar-refractivity contribution in [3.8, 4) is 0 Å². The number of ether oxygens (including phenoxy) is 5. The Hall–Kier alpha value is -4.27. The second kappa shape index (κ2) is 14.9. The number of nitrogens with one attached hydrogen (secondary N) is 1. The van der Waals surface area contributed by atoms with Crippen LogP contribution in [-0.4, -0.2) is 78.3 Å². The van der Waals surface area contributed by atoms with Crippen LogP contribution in [0, 0.1) is 29.6 Å². The van der Waals surface area contributed by atoms with Crippen LogP contribution < -0.4 is 5.32 Å². The van der Waals surface area contributed by atoms with Gasteiger partial charge in [-0.3, -0.25) is 4.79 Å². The van der Waals surface area contributed by atoms with Crippen molar-refractivity contribution in [2.24, 2.45) is 29.6 Å². The van der Waals surface area contributed by atoms with E-state index >= 15 is 0 Å². The number of aliphatic hydroxyl groups excluding tert-OH is 1. The summed E-state index contributed by atoms with van der Waals surface area (Å²) in [6.07, 6.45) is 1.28. The first kappa shape index (κ1) is 38.5. The molecule has 6 rings (SSSR count). The predicted octanol–water partition coefficient (Wildman–Crippen LogP) is 4.53. The second-order valence-electron chi connectivity index (χ2n) is 14.5. The molecule has 14 heteroatoms. The van der Waals surface area contributed by atoms with Crippen LogP contribution in [0.15, 0.2) is 71.9 Å². The number of aliphatic hydroxyl groups is 1. The van der Waals surface area contributed by atoms with Crippen LogP contribution in [-0.2, 0) is 55.6 Å². The summed E-state index contributed by atoms with van der Waals surface area (Å²) in [6.45, 7) is 6.29. The zero-order valence-corrected chi connectivity index (χ0v) is 30.0. The lowest BCUT2D eigenvalue weighted by atomic mass is 9.57. The molecule has 5 aliphatic rings. The number of benzene rings is 1. The number of hydrogen-bond acceptors (Lipinski definition) is 10. The zero-order valence-electron chi connectivity index (χ0n) is 30.0. The SMILES string of the molecule is CO[C@H]1C[C@H]2C=CC3C4C(O)[C@@H](C)[C@@H](OC(=O)C5=CC=CC5)[C@@H]3O[C@]42/C(C)=C/[C@@H](C)[C@@H]([C@@H](C)OC(=O)C(=O)NCc2ccccc2C(F)(F)F)OC1=O. The molecule has 286 valence electrons. The van der Waals surface area contributed by atoms with Gasteiger partial charge in [-0.15, -0.1) is 0 Å². The molecule has 1 aromatic rings. The van der Waals surface area contributed by atoms with Gasteiger partial charge in [0.2, 0.25) is 0 Å². The highest BCUT2D eigenvalue weighted by Gasteiger charge is 2.69. The maximum atomic E-state index is 13.7. The van der Waals surface area contributed by atoms with E-state index in [2.05, 4.69) is 5.32 Å². The summed E-state index contributed by atoms with van der Waals surface area (Å²) in [5, 5.41) is 14.1. The summed E-state index contributed by atoms with van der Waals surface area (Å²) >= 11 is 0. The molecule has 1 spiro atoms. The van der Waals surface area contributed by atoms with Gasteiger partial charge in [0.25, 0.3) is 0 Å². The highest BCUT2D eigenvalue weighted by Crippen LogP contribution is 2.61. The number of halogens is 3. The highest BCUT2D eigenvalue weighted by molar-refractivity contribution is 6.32. The van der Waals surface area contributed by atoms with Gasteiger partial charge in [0, 0.05) is 48.8 Å². The van der Waals surface area contributed by atoms with Crippen molar-refractivity contribution in [1.29, 1.82) is 0 Å². The molecule has 1 aromatic carbocycles. The first-order chi connectivity index (χ1) is 25.1. The third-order valence-corrected chi connectivity index (χ3v) is 11.4. The summed E-state index contributed by atoms with van der Waals surface area (Å²) in [6, 6.07) is 4.66. The molecule has 2 fully saturated rings. The first-order valence-corrected chi connectivity index (χ1v) is 17.7. The Bertz CT molecular complexity index is 1750. The Morgan fingerprint density at radius 2 is 1.89 bits per heavy atom. The number of esters is 3. The lowest BCUT2D eigenvalue weighted by Gasteiger charge is -2.49. The fourth-order valence-corrected chi connectivity index (χ4v) is 8.77. The van der Waals surface area contributed by atoms with Gasteiger partial charge < -0.3 is 34.1 Å². The van der Waals surface area contributed by atoms with Crippen LogP contribution in [0.5, 0.6) is 0 Å². The molecule has 3 aliphatic carbocycles. The van der Waals surface area contributed by atoms with E-state index in [1.807, 2.05) is 38.2 Å². The molecular weight excluding hydrogens is 699 g/mol. The van der Waals surface area contributed by atoms with Crippen LogP contribution in [0.1, 0.15) is 51.7 Å². The molecule has 1 amide bonds. The van der Waals surface area contributed by atoms with Crippen LogP contribution in [0.4, 0.5) is 13.2 Å². The number of allylic oxidation sites excluding steroid dienone is 3. The molecule has 12 atom stereocenters. The van der Waals surface area contributed by atoms with Crippen molar-refractivity contribution in [3.05, 3.63) is 83.0 Å². The maximum absolute atomic E-state index is 13.7. The Labute approximate surface area is 305 Å². The van der Waals surface area contributed by atoms with E-state index in [9.17, 15) is 37.5 Å². The van der Waals surface area contributed by atoms with Gasteiger partial charge in [-0.25, -0.2) is 14.4 Å². The molecule has 1 saturated heterocycles. The van der Waals surface area contributed by atoms with Gasteiger partial charge in [0.05, 0.1) is 11.7 Å². The van der Waals surface area contributed by atoms with Crippen molar-refractivity contribution in [2.45, 2.75) is 95.5 Å². The van der Waals surface area contributed by atoms with Gasteiger partial charge in [-0.05, 0) is 43.9 Å². The molecule has 3 unspecified atom stereocenters. The summed E-state index contributed by atoms with van der Waals surface area (Å²) in [4.78, 5) is 52.4. The zero-order chi connectivity index (χ0) is 38.4. The molecule has 0 aromatic heterocycles. The van der Waals surface area contributed by atoms with E-state index in [4.69, 9.17) is 23.7 Å². The smallest absolute Gasteiger partial charge is 0.416 e. The number of rotatable bonds is 7. The fourth-order valence-electron chi connectivity index (χ4n) is 8.77. The fraction of sp³-hybridized carbons (Fsp3) is 0.538. The molecule has 0 radical (unpaired) electrons. The number of carbonyl (C=O) groups is 4. The van der Waals surface area contributed by atoms with Crippen LogP contribution in [0.3, 0.4) is 0 Å². The topological polar surface area (TPSA) is 147 Å². The quantitative estimate of drug-likeness (QED) is 0.177. The maximum Gasteiger partial charge on any atom is 0.416 e. The summed E-state index contributed by atoms with van der Waals surface area (Å²) in [5.74, 6) is -6.22. The van der Waals surface area contributed by atoms with E-state index in [0.29, 0.717) is 12.0 Å². The Morgan fingerprint density at radius 3 is 2.57 bits per heavy atom. The Balaban J connectivity index is 1.24. The van der Waals surface area contributed by atoms with Gasteiger partial charge in [0.1, 0.15) is 30.0 Å². The van der Waals surface area contributed by atoms with Crippen molar-refractivity contribution in [3.63, 3.8) is 0 Å². The third-order valence-electron chi connectivity index (χ3n) is 11.4. The van der Waals surface area contributed by atoms with Crippen molar-refractivity contribution in [1.82, 2.24) is 5.32 Å². The van der Waals surface area contributed by atoms with E-state index in [1.54, 1.807) is 19.1 Å². The largest absolute Gasteiger partial charge is 0.456 e. The minimum Gasteiger partial charge on any atom is -0.456 e. The number of cyclic esters (lactones) is 1. The van der Waals surface area contributed by atoms with E-state index < -0.39 is 108 Å². The number of methoxy groups -OCH3 is 1. The molecule has 2 heterocycles. The van der Waals surface area contributed by atoms with Crippen molar-refractivity contribution < 1.29 is 61.1 Å². The van der Waals surface area contributed by atoms with Crippen LogP contribution >= 0.6 is 0 Å². The number of amides is 1. The Morgan fingerprint density at radius 1 is 1.15 bits per heavy atom. The molecule has 2 aliphatic heterocycles. The van der Waals surface area contributed by atoms with Crippen LogP contribution in [0.2, 0.25) is 0 Å². The molecule has 4 bridgehead atoms. The van der Waals surface area contributed by atoms with E-state index in [0.717, 1.165) is 11.6 Å². The van der Waals surface area contributed by atoms with E-state index in [-0.39, 0.29) is 17.9 Å². The van der Waals surface area contributed by atoms with Gasteiger partial charge in [-0.2, -0.15) is 13.2 Å². The van der Waals surface area contributed by atoms with Gasteiger partial charge in [-0.1, -0.05) is 68.5 Å². The number of alkyl halides is 3. The summed E-state index contributed by atoms with van der Waals surface area (Å²) < 4.78 is 70.3. The average Bonchev–Trinajstić information content (AvgIpc) is 3.72. The van der Waals surface area contributed by atoms with E-state index in [1.165, 1.54) is 32.2 Å². The normalized spacial score (nSPS) is 36.3. The molecule has 1 saturated carbocycles. The first-order valence-electron chi connectivity index (χ1n) is 17.7. The Kier molecular flexibility index (Phi) is 10.8. The molecule has 53 heavy (non-hydrogen) atoms. The lowest BCUT2D eigenvalue weighted by molar-refractivity contribution is -0.180. The lowest BCUT2D eigenvalue weighted by Crippen LogP contribution is -2.57. The van der Waals surface area contributed by atoms with Gasteiger partial charge in [0.15, 0.2) is 6.10 Å². The molecule has 2 N–H and O–H groups in total. The average molecular weight is 744 g/mol. The minimum atomic E-state index is -4.66. The molecular formula is C39H44F3NO10. The number of hydrogen-bond donors (Lipinski definition) is 2. The number of carbonyl (C=O) groups excluding carboxylic acids is 4. The van der Waals surface area contributed by atoms with Gasteiger partial charge >= 0.3 is 30.0 Å². The minimum absolute atomic E-state index is 0.105. The summed E-state index contributed by atoms with van der Waals surface area (Å²) in [7, 11) is 1.36. The second-order valence-corrected chi connectivity index (χ2v) is 14.5. The monoisotopic (exact) mass is 743 g/mol. The predicted molar refractivity (Wildman–Crippen MR) is 181 cm³/mol. The summed E-state index contributed by atoms with van der Waals surface area (Å²) in [5.41, 5.74) is -1.09. The van der Waals surface area contributed by atoms with Crippen LogP contribution in [0.25, 0.3) is 0 Å². The standard InChI is InChI=1S/C39H44F3NO10/c1-19-16-20(2)38-25(14-15-26-29(38)30(44)21(3)32(33(26)53-38)52-35(46)23-10-6-7-11-23)17-28(49-5)36(47)51-31(19)22(4)50-37(48)34(45)43-18-24-12-8-9-13-27(24)39(40,41)42/h6-10,12-16,19,21-22,25-26,28-33,44H,11,17-18H2,1-5H3,(H,43,45)/b20-16+/t19-,21-,22-,25-,26?,28+,29?,30?,31+,32-,33-,38+/m1/s1. The highest BCUT2D eigenvalue weighted by atomic mass is 19.4. The van der Waals surface area contributed by atoms with Crippen molar-refractivity contribution >= 4 is 23.8 Å².